The monoisotopic (exact) mass is 341 g/mol. The lowest BCUT2D eigenvalue weighted by Gasteiger charge is -2.05. The fraction of sp³-hybridized carbons (Fsp3) is 0.250. The lowest BCUT2D eigenvalue weighted by Crippen LogP contribution is -2.07. The number of carbonyl (C=O) groups excluding carboxylic acids is 1. The van der Waals surface area contributed by atoms with Crippen molar-refractivity contribution in [3.63, 3.8) is 0 Å². The summed E-state index contributed by atoms with van der Waals surface area (Å²) in [5.41, 5.74) is 3.44. The Kier molecular flexibility index (Phi) is 5.55. The second-order valence-corrected chi connectivity index (χ2v) is 6.25. The van der Waals surface area contributed by atoms with Crippen LogP contribution in [0.15, 0.2) is 54.7 Å². The first-order valence-electron chi connectivity index (χ1n) is 8.17. The molecule has 124 valence electrons. The average molecular weight is 342 g/mol. The molecule has 0 bridgehead atoms. The number of nitrogens with one attached hydrogen (secondary N) is 1. The molecule has 0 spiro atoms. The number of benzene rings is 2. The lowest BCUT2D eigenvalue weighted by atomic mass is 10.1. The summed E-state index contributed by atoms with van der Waals surface area (Å²) in [5.74, 6) is -0.138. The van der Waals surface area contributed by atoms with Crippen LogP contribution in [0.4, 0.5) is 0 Å². The maximum Gasteiger partial charge on any atom is 0.306 e. The van der Waals surface area contributed by atoms with Crippen LogP contribution in [0.2, 0.25) is 5.02 Å². The second-order valence-electron chi connectivity index (χ2n) is 5.81. The highest BCUT2D eigenvalue weighted by atomic mass is 35.5. The van der Waals surface area contributed by atoms with Gasteiger partial charge in [-0.25, -0.2) is 0 Å². The van der Waals surface area contributed by atoms with Crippen LogP contribution in [-0.4, -0.2) is 17.6 Å². The van der Waals surface area contributed by atoms with Crippen LogP contribution in [0, 0.1) is 0 Å². The van der Waals surface area contributed by atoms with Crippen molar-refractivity contribution in [2.45, 2.75) is 25.7 Å². The van der Waals surface area contributed by atoms with Crippen molar-refractivity contribution < 1.29 is 9.53 Å². The largest absolute Gasteiger partial charge is 0.466 e. The van der Waals surface area contributed by atoms with E-state index in [4.69, 9.17) is 16.3 Å². The molecule has 0 amide bonds. The summed E-state index contributed by atoms with van der Waals surface area (Å²) >= 11 is 6.05. The van der Waals surface area contributed by atoms with E-state index in [-0.39, 0.29) is 5.97 Å². The molecular weight excluding hydrogens is 322 g/mol. The Balaban J connectivity index is 1.41. The first-order valence-corrected chi connectivity index (χ1v) is 8.55. The maximum atomic E-state index is 11.8. The van der Waals surface area contributed by atoms with Gasteiger partial charge in [0.1, 0.15) is 0 Å². The first-order chi connectivity index (χ1) is 11.7. The molecule has 0 radical (unpaired) electrons. The molecule has 1 aromatic heterocycles. The highest BCUT2D eigenvalue weighted by Gasteiger charge is 2.06. The third kappa shape index (κ3) is 4.39. The van der Waals surface area contributed by atoms with E-state index < -0.39 is 0 Å². The molecule has 0 fully saturated rings. The minimum Gasteiger partial charge on any atom is -0.466 e. The fourth-order valence-corrected chi connectivity index (χ4v) is 2.94. The third-order valence-corrected chi connectivity index (χ3v) is 4.28. The van der Waals surface area contributed by atoms with Crippen LogP contribution in [0.25, 0.3) is 10.9 Å². The zero-order valence-corrected chi connectivity index (χ0v) is 14.2. The van der Waals surface area contributed by atoms with Gasteiger partial charge in [0, 0.05) is 28.5 Å². The van der Waals surface area contributed by atoms with Gasteiger partial charge in [0.15, 0.2) is 0 Å². The van der Waals surface area contributed by atoms with Gasteiger partial charge in [-0.05, 0) is 48.6 Å². The van der Waals surface area contributed by atoms with Crippen LogP contribution < -0.4 is 0 Å². The number of carbonyl (C=O) groups is 1. The van der Waals surface area contributed by atoms with E-state index in [0.717, 1.165) is 40.8 Å². The van der Waals surface area contributed by atoms with Crippen LogP contribution in [0.1, 0.15) is 24.0 Å². The van der Waals surface area contributed by atoms with E-state index in [1.807, 2.05) is 54.7 Å². The van der Waals surface area contributed by atoms with Crippen molar-refractivity contribution in [3.05, 3.63) is 70.9 Å². The summed E-state index contributed by atoms with van der Waals surface area (Å²) in [7, 11) is 0. The van der Waals surface area contributed by atoms with Crippen LogP contribution >= 0.6 is 11.6 Å². The Labute approximate surface area is 146 Å². The molecule has 3 rings (SSSR count). The second kappa shape index (κ2) is 8.02. The Morgan fingerprint density at radius 3 is 2.75 bits per heavy atom. The van der Waals surface area contributed by atoms with Crippen molar-refractivity contribution in [1.29, 1.82) is 0 Å². The molecule has 3 nitrogen and oxygen atoms in total. The number of aryl methyl sites for hydroxylation is 2. The highest BCUT2D eigenvalue weighted by Crippen LogP contribution is 2.23. The molecule has 0 saturated carbocycles. The van der Waals surface area contributed by atoms with Crippen molar-refractivity contribution in [2.75, 3.05) is 6.61 Å². The standard InChI is InChI=1S/C20H20ClNO2/c21-17-9-10-19-18(13-17)16(14-22-19)7-4-12-24-20(23)11-8-15-5-2-1-3-6-15/h1-3,5-6,9-10,13-14,22H,4,7-8,11-12H2. The molecule has 3 aromatic rings. The van der Waals surface area contributed by atoms with Gasteiger partial charge >= 0.3 is 5.97 Å². The van der Waals surface area contributed by atoms with Gasteiger partial charge in [-0.3, -0.25) is 4.79 Å². The normalized spacial score (nSPS) is 10.9. The molecule has 1 heterocycles. The number of hydrogen-bond acceptors (Lipinski definition) is 2. The summed E-state index contributed by atoms with van der Waals surface area (Å²) in [6, 6.07) is 15.8. The van der Waals surface area contributed by atoms with Gasteiger partial charge in [0.2, 0.25) is 0 Å². The number of aromatic nitrogens is 1. The molecule has 0 aliphatic carbocycles. The molecule has 4 heteroatoms. The Morgan fingerprint density at radius 2 is 1.92 bits per heavy atom. The summed E-state index contributed by atoms with van der Waals surface area (Å²) in [6.45, 7) is 0.445. The zero-order chi connectivity index (χ0) is 16.8. The summed E-state index contributed by atoms with van der Waals surface area (Å²) in [4.78, 5) is 15.0. The third-order valence-electron chi connectivity index (χ3n) is 4.04. The molecule has 0 aliphatic heterocycles. The number of rotatable bonds is 7. The van der Waals surface area contributed by atoms with Gasteiger partial charge in [0.25, 0.3) is 0 Å². The van der Waals surface area contributed by atoms with Crippen molar-refractivity contribution in [3.8, 4) is 0 Å². The minimum absolute atomic E-state index is 0.138. The predicted molar refractivity (Wildman–Crippen MR) is 97.4 cm³/mol. The van der Waals surface area contributed by atoms with E-state index in [1.54, 1.807) is 0 Å². The number of H-pyrrole nitrogens is 1. The van der Waals surface area contributed by atoms with Gasteiger partial charge in [-0.1, -0.05) is 41.9 Å². The quantitative estimate of drug-likeness (QED) is 0.489. The number of esters is 1. The number of hydrogen-bond donors (Lipinski definition) is 1. The zero-order valence-electron chi connectivity index (χ0n) is 13.4. The summed E-state index contributed by atoms with van der Waals surface area (Å²) in [6.07, 6.45) is 4.80. The van der Waals surface area contributed by atoms with E-state index in [9.17, 15) is 4.79 Å². The Hall–Kier alpha value is -2.26. The van der Waals surface area contributed by atoms with Crippen LogP contribution in [0.5, 0.6) is 0 Å². The molecular formula is C20H20ClNO2. The van der Waals surface area contributed by atoms with Gasteiger partial charge in [0.05, 0.1) is 6.61 Å². The molecule has 1 N–H and O–H groups in total. The number of ether oxygens (including phenoxy) is 1. The summed E-state index contributed by atoms with van der Waals surface area (Å²) < 4.78 is 5.32. The average Bonchev–Trinajstić information content (AvgIpc) is 3.00. The number of fused-ring (bicyclic) bond motifs is 1. The maximum absolute atomic E-state index is 11.8. The number of halogens is 1. The molecule has 24 heavy (non-hydrogen) atoms. The minimum atomic E-state index is -0.138. The van der Waals surface area contributed by atoms with Crippen LogP contribution in [0.3, 0.4) is 0 Å². The predicted octanol–water partition coefficient (Wildman–Crippen LogP) is 4.93. The van der Waals surface area contributed by atoms with Crippen molar-refractivity contribution in [2.24, 2.45) is 0 Å². The smallest absolute Gasteiger partial charge is 0.306 e. The van der Waals surface area contributed by atoms with Crippen LogP contribution in [-0.2, 0) is 22.4 Å². The van der Waals surface area contributed by atoms with Gasteiger partial charge in [-0.2, -0.15) is 0 Å². The Bertz CT molecular complexity index is 811. The van der Waals surface area contributed by atoms with Gasteiger partial charge < -0.3 is 9.72 Å². The molecule has 0 unspecified atom stereocenters. The Morgan fingerprint density at radius 1 is 1.08 bits per heavy atom. The van der Waals surface area contributed by atoms with Crippen molar-refractivity contribution in [1.82, 2.24) is 4.98 Å². The lowest BCUT2D eigenvalue weighted by molar-refractivity contribution is -0.143. The summed E-state index contributed by atoms with van der Waals surface area (Å²) in [5, 5.41) is 1.87. The molecule has 2 aromatic carbocycles. The first kappa shape index (κ1) is 16.6. The molecule has 0 aliphatic rings. The number of aromatic amines is 1. The van der Waals surface area contributed by atoms with Gasteiger partial charge in [-0.15, -0.1) is 0 Å². The van der Waals surface area contributed by atoms with E-state index in [0.29, 0.717) is 13.0 Å². The van der Waals surface area contributed by atoms with Crippen molar-refractivity contribution >= 4 is 28.5 Å². The van der Waals surface area contributed by atoms with E-state index in [2.05, 4.69) is 4.98 Å². The van der Waals surface area contributed by atoms with E-state index in [1.165, 1.54) is 5.56 Å². The molecule has 0 saturated heterocycles. The molecule has 0 atom stereocenters. The SMILES string of the molecule is O=C(CCc1ccccc1)OCCCc1c[nH]c2ccc(Cl)cc12. The highest BCUT2D eigenvalue weighted by molar-refractivity contribution is 6.31. The van der Waals surface area contributed by atoms with E-state index >= 15 is 0 Å². The fourth-order valence-electron chi connectivity index (χ4n) is 2.77. The topological polar surface area (TPSA) is 42.1 Å².